The average molecular weight is 293 g/mol. The molecule has 0 aliphatic rings. The summed E-state index contributed by atoms with van der Waals surface area (Å²) in [5, 5.41) is 12.1. The number of carboxylic acid groups (broad SMARTS) is 1. The van der Waals surface area contributed by atoms with Crippen LogP contribution in [0.4, 0.5) is 0 Å². The first kappa shape index (κ1) is 17.5. The Morgan fingerprint density at radius 2 is 2.00 bits per heavy atom. The first-order valence-electron chi connectivity index (χ1n) is 7.52. The van der Waals surface area contributed by atoms with Crippen LogP contribution >= 0.6 is 0 Å². The third kappa shape index (κ3) is 5.05. The highest BCUT2D eigenvalue weighted by molar-refractivity contribution is 5.73. The number of nitrogens with one attached hydrogen (secondary N) is 1. The largest absolute Gasteiger partial charge is 0.491 e. The number of aliphatic carboxylic acids is 1. The Hall–Kier alpha value is -1.55. The monoisotopic (exact) mass is 293 g/mol. The van der Waals surface area contributed by atoms with Crippen molar-refractivity contribution in [3.05, 3.63) is 29.3 Å². The fourth-order valence-electron chi connectivity index (χ4n) is 2.15. The third-order valence-electron chi connectivity index (χ3n) is 3.41. The van der Waals surface area contributed by atoms with Crippen molar-refractivity contribution in [3.63, 3.8) is 0 Å². The molecule has 0 spiro atoms. The molecule has 0 heterocycles. The van der Waals surface area contributed by atoms with Gasteiger partial charge < -0.3 is 15.2 Å². The standard InChI is InChI=1S/C17H27NO3/c1-6-12-8-9-15(13(10-12)17(3,4)5)21-11-14(16(19)20)18-7-2/h8-10,14,18H,6-7,11H2,1-5H3,(H,19,20). The molecule has 1 aromatic rings. The van der Waals surface area contributed by atoms with E-state index in [-0.39, 0.29) is 12.0 Å². The second-order valence-corrected chi connectivity index (χ2v) is 6.19. The van der Waals surface area contributed by atoms with Gasteiger partial charge in [0.15, 0.2) is 0 Å². The van der Waals surface area contributed by atoms with Crippen molar-refractivity contribution < 1.29 is 14.6 Å². The first-order valence-corrected chi connectivity index (χ1v) is 7.52. The molecule has 1 atom stereocenters. The maximum Gasteiger partial charge on any atom is 0.324 e. The van der Waals surface area contributed by atoms with Crippen LogP contribution in [0, 0.1) is 0 Å². The number of carbonyl (C=O) groups is 1. The zero-order chi connectivity index (χ0) is 16.0. The molecule has 1 unspecified atom stereocenters. The Kier molecular flexibility index (Phi) is 6.21. The van der Waals surface area contributed by atoms with Crippen molar-refractivity contribution >= 4 is 5.97 Å². The van der Waals surface area contributed by atoms with E-state index in [1.807, 2.05) is 19.1 Å². The lowest BCUT2D eigenvalue weighted by molar-refractivity contribution is -0.140. The number of hydrogen-bond acceptors (Lipinski definition) is 3. The molecule has 0 aliphatic heterocycles. The molecular formula is C17H27NO3. The lowest BCUT2D eigenvalue weighted by Crippen LogP contribution is -2.41. The van der Waals surface area contributed by atoms with Crippen molar-refractivity contribution in [1.82, 2.24) is 5.32 Å². The predicted octanol–water partition coefficient (Wildman–Crippen LogP) is 2.99. The quantitative estimate of drug-likeness (QED) is 0.811. The fourth-order valence-corrected chi connectivity index (χ4v) is 2.15. The van der Waals surface area contributed by atoms with Crippen LogP contribution < -0.4 is 10.1 Å². The van der Waals surface area contributed by atoms with Crippen LogP contribution in [0.2, 0.25) is 0 Å². The van der Waals surface area contributed by atoms with Crippen LogP contribution in [0.5, 0.6) is 5.75 Å². The summed E-state index contributed by atoms with van der Waals surface area (Å²) in [7, 11) is 0. The maximum absolute atomic E-state index is 11.2. The van der Waals surface area contributed by atoms with Crippen LogP contribution in [-0.2, 0) is 16.6 Å². The van der Waals surface area contributed by atoms with Crippen LogP contribution in [0.25, 0.3) is 0 Å². The van der Waals surface area contributed by atoms with Gasteiger partial charge in [-0.2, -0.15) is 0 Å². The van der Waals surface area contributed by atoms with E-state index in [4.69, 9.17) is 9.84 Å². The molecule has 0 bridgehead atoms. The summed E-state index contributed by atoms with van der Waals surface area (Å²) >= 11 is 0. The van der Waals surface area contributed by atoms with Crippen molar-refractivity contribution in [2.24, 2.45) is 0 Å². The van der Waals surface area contributed by atoms with E-state index in [1.54, 1.807) is 0 Å². The molecule has 1 aromatic carbocycles. The third-order valence-corrected chi connectivity index (χ3v) is 3.41. The van der Waals surface area contributed by atoms with E-state index in [9.17, 15) is 4.79 Å². The van der Waals surface area contributed by atoms with Gasteiger partial charge in [0.2, 0.25) is 0 Å². The van der Waals surface area contributed by atoms with Gasteiger partial charge in [-0.1, -0.05) is 46.8 Å². The molecule has 0 radical (unpaired) electrons. The van der Waals surface area contributed by atoms with E-state index >= 15 is 0 Å². The molecular weight excluding hydrogens is 266 g/mol. The summed E-state index contributed by atoms with van der Waals surface area (Å²) in [4.78, 5) is 11.2. The molecule has 2 N–H and O–H groups in total. The van der Waals surface area contributed by atoms with Gasteiger partial charge in [-0.3, -0.25) is 4.79 Å². The maximum atomic E-state index is 11.2. The van der Waals surface area contributed by atoms with Crippen molar-refractivity contribution in [2.75, 3.05) is 13.2 Å². The number of benzene rings is 1. The minimum Gasteiger partial charge on any atom is -0.491 e. The summed E-state index contributed by atoms with van der Waals surface area (Å²) in [6.07, 6.45) is 0.971. The Morgan fingerprint density at radius 3 is 2.48 bits per heavy atom. The number of rotatable bonds is 7. The number of hydrogen-bond donors (Lipinski definition) is 2. The Balaban J connectivity index is 2.94. The van der Waals surface area contributed by atoms with Gasteiger partial charge in [-0.25, -0.2) is 0 Å². The minimum atomic E-state index is -0.890. The molecule has 0 amide bonds. The minimum absolute atomic E-state index is 0.0442. The average Bonchev–Trinajstić information content (AvgIpc) is 2.42. The van der Waals surface area contributed by atoms with E-state index in [2.05, 4.69) is 39.1 Å². The lowest BCUT2D eigenvalue weighted by Gasteiger charge is -2.24. The highest BCUT2D eigenvalue weighted by Crippen LogP contribution is 2.32. The molecule has 118 valence electrons. The van der Waals surface area contributed by atoms with Crippen LogP contribution in [0.3, 0.4) is 0 Å². The number of carboxylic acids is 1. The van der Waals surface area contributed by atoms with E-state index in [1.165, 1.54) is 5.56 Å². The molecule has 4 heteroatoms. The Morgan fingerprint density at radius 1 is 1.33 bits per heavy atom. The van der Waals surface area contributed by atoms with Gasteiger partial charge >= 0.3 is 5.97 Å². The van der Waals surface area contributed by atoms with E-state index in [0.29, 0.717) is 6.54 Å². The Bertz CT molecular complexity index is 477. The zero-order valence-electron chi connectivity index (χ0n) is 13.7. The molecule has 21 heavy (non-hydrogen) atoms. The van der Waals surface area contributed by atoms with Gasteiger partial charge in [0.25, 0.3) is 0 Å². The zero-order valence-corrected chi connectivity index (χ0v) is 13.7. The second kappa shape index (κ2) is 7.46. The summed E-state index contributed by atoms with van der Waals surface area (Å²) in [5.41, 5.74) is 2.33. The topological polar surface area (TPSA) is 58.6 Å². The molecule has 1 rings (SSSR count). The number of aryl methyl sites for hydroxylation is 1. The van der Waals surface area contributed by atoms with Gasteiger partial charge in [-0.05, 0) is 35.6 Å². The van der Waals surface area contributed by atoms with Crippen molar-refractivity contribution in [3.8, 4) is 5.75 Å². The molecule has 0 saturated carbocycles. The first-order chi connectivity index (χ1) is 9.79. The SMILES string of the molecule is CCNC(COc1ccc(CC)cc1C(C)(C)C)C(=O)O. The second-order valence-electron chi connectivity index (χ2n) is 6.19. The molecule has 0 saturated heterocycles. The molecule has 4 nitrogen and oxygen atoms in total. The summed E-state index contributed by atoms with van der Waals surface area (Å²) < 4.78 is 5.80. The van der Waals surface area contributed by atoms with Gasteiger partial charge in [-0.15, -0.1) is 0 Å². The van der Waals surface area contributed by atoms with Gasteiger partial charge in [0, 0.05) is 0 Å². The summed E-state index contributed by atoms with van der Waals surface area (Å²) in [5.74, 6) is -0.122. The summed E-state index contributed by atoms with van der Waals surface area (Å²) in [6, 6.07) is 5.45. The molecule has 0 fully saturated rings. The smallest absolute Gasteiger partial charge is 0.324 e. The lowest BCUT2D eigenvalue weighted by atomic mass is 9.85. The molecule has 0 aromatic heterocycles. The van der Waals surface area contributed by atoms with Crippen molar-refractivity contribution in [2.45, 2.75) is 52.5 Å². The highest BCUT2D eigenvalue weighted by Gasteiger charge is 2.22. The Labute approximate surface area is 127 Å². The predicted molar refractivity (Wildman–Crippen MR) is 85.1 cm³/mol. The highest BCUT2D eigenvalue weighted by atomic mass is 16.5. The fraction of sp³-hybridized carbons (Fsp3) is 0.588. The normalized spacial score (nSPS) is 13.0. The van der Waals surface area contributed by atoms with Crippen LogP contribution in [-0.4, -0.2) is 30.3 Å². The van der Waals surface area contributed by atoms with E-state index < -0.39 is 12.0 Å². The van der Waals surface area contributed by atoms with Crippen LogP contribution in [0.1, 0.15) is 45.7 Å². The van der Waals surface area contributed by atoms with Crippen LogP contribution in [0.15, 0.2) is 18.2 Å². The van der Waals surface area contributed by atoms with Gasteiger partial charge in [0.05, 0.1) is 0 Å². The number of likely N-dealkylation sites (N-methyl/N-ethyl adjacent to an activating group) is 1. The van der Waals surface area contributed by atoms with Gasteiger partial charge in [0.1, 0.15) is 18.4 Å². The van der Waals surface area contributed by atoms with E-state index in [0.717, 1.165) is 17.7 Å². The summed E-state index contributed by atoms with van der Waals surface area (Å²) in [6.45, 7) is 11.1. The molecule has 0 aliphatic carbocycles. The number of ether oxygens (including phenoxy) is 1. The van der Waals surface area contributed by atoms with Crippen molar-refractivity contribution in [1.29, 1.82) is 0 Å².